The van der Waals surface area contributed by atoms with Crippen molar-refractivity contribution >= 4 is 15.9 Å². The van der Waals surface area contributed by atoms with Crippen LogP contribution in [0.15, 0.2) is 47.5 Å². The highest BCUT2D eigenvalue weighted by atomic mass is 32.2. The molecule has 0 spiro atoms. The van der Waals surface area contributed by atoms with Gasteiger partial charge in [0, 0.05) is 14.2 Å². The first-order valence-electron chi connectivity index (χ1n) is 11.4. The van der Waals surface area contributed by atoms with Gasteiger partial charge in [0.2, 0.25) is 5.88 Å². The second kappa shape index (κ2) is 10.8. The molecule has 1 N–H and O–H groups in total. The Morgan fingerprint density at radius 2 is 1.71 bits per heavy atom. The summed E-state index contributed by atoms with van der Waals surface area (Å²) in [7, 11) is -4.16. The number of sulfonamides is 1. The van der Waals surface area contributed by atoms with Gasteiger partial charge in [0.1, 0.15) is 11.3 Å². The van der Waals surface area contributed by atoms with E-state index in [-0.39, 0.29) is 19.3 Å². The Labute approximate surface area is 204 Å². The number of nitrogens with one attached hydrogen (secondary N) is 1. The molecule has 0 aliphatic rings. The summed E-state index contributed by atoms with van der Waals surface area (Å²) in [6.45, 7) is 9.66. The average Bonchev–Trinajstić information content (AvgIpc) is 2.76. The normalized spacial score (nSPS) is 11.3. The third-order valence-electron chi connectivity index (χ3n) is 5.37. The van der Waals surface area contributed by atoms with E-state index in [0.29, 0.717) is 11.4 Å². The number of carbonyl (C=O) groups is 1. The highest BCUT2D eigenvalue weighted by Crippen LogP contribution is 2.31. The summed E-state index contributed by atoms with van der Waals surface area (Å²) in [6, 6.07) is 11.9. The topological polar surface area (TPSA) is 98.2 Å². The third kappa shape index (κ3) is 6.20. The summed E-state index contributed by atoms with van der Waals surface area (Å²) in [6.07, 6.45) is 3.85. The fourth-order valence-corrected chi connectivity index (χ4v) is 4.73. The van der Waals surface area contributed by atoms with Gasteiger partial charge in [-0.05, 0) is 75.9 Å². The highest BCUT2D eigenvalue weighted by molar-refractivity contribution is 7.90. The number of pyridine rings is 2. The van der Waals surface area contributed by atoms with Crippen LogP contribution >= 0.6 is 0 Å². The van der Waals surface area contributed by atoms with Gasteiger partial charge in [-0.3, -0.25) is 4.79 Å². The van der Waals surface area contributed by atoms with E-state index in [1.54, 1.807) is 31.2 Å². The van der Waals surface area contributed by atoms with Gasteiger partial charge >= 0.3 is 0 Å². The summed E-state index contributed by atoms with van der Waals surface area (Å²) in [5.74, 6) is -0.150. The molecule has 2 aromatic heterocycles. The van der Waals surface area contributed by atoms with Gasteiger partial charge in [0.25, 0.3) is 15.9 Å². The molecule has 1 amide bonds. The number of hydrogen-bond acceptors (Lipinski definition) is 6. The van der Waals surface area contributed by atoms with E-state index in [1.165, 1.54) is 6.07 Å². The van der Waals surface area contributed by atoms with Gasteiger partial charge in [0.05, 0.1) is 0 Å². The Hall–Kier alpha value is -3.26. The maximum absolute atomic E-state index is 13.1. The van der Waals surface area contributed by atoms with E-state index in [4.69, 9.17) is 4.74 Å². The molecule has 34 heavy (non-hydrogen) atoms. The molecule has 8 heteroatoms. The molecular weight excluding hydrogens is 450 g/mol. The second-order valence-electron chi connectivity index (χ2n) is 8.49. The minimum Gasteiger partial charge on any atom is -0.438 e. The zero-order chi connectivity index (χ0) is 24.9. The number of benzene rings is 1. The van der Waals surface area contributed by atoms with Crippen LogP contribution in [0.1, 0.15) is 67.5 Å². The van der Waals surface area contributed by atoms with Crippen molar-refractivity contribution in [2.45, 2.75) is 65.3 Å². The van der Waals surface area contributed by atoms with E-state index in [2.05, 4.69) is 21.6 Å². The van der Waals surface area contributed by atoms with Crippen molar-refractivity contribution in [1.29, 1.82) is 0 Å². The number of aromatic nitrogens is 2. The number of ether oxygens (including phenoxy) is 1. The third-order valence-corrected chi connectivity index (χ3v) is 6.60. The number of carbonyl (C=O) groups excluding carboxylic acids is 1. The van der Waals surface area contributed by atoms with Gasteiger partial charge in [-0.2, -0.15) is 8.42 Å². The quantitative estimate of drug-likeness (QED) is 0.382. The molecule has 3 aromatic rings. The summed E-state index contributed by atoms with van der Waals surface area (Å²) < 4.78 is 33.8. The molecule has 0 aliphatic heterocycles. The first-order valence-corrected chi connectivity index (χ1v) is 12.9. The lowest BCUT2D eigenvalue weighted by molar-refractivity contribution is 0.0978. The van der Waals surface area contributed by atoms with E-state index < -0.39 is 15.9 Å². The lowest BCUT2D eigenvalue weighted by Crippen LogP contribution is -2.31. The number of nitrogens with zero attached hydrogens (tertiary/aromatic N) is 2. The Balaban J connectivity index is 0.00000324. The van der Waals surface area contributed by atoms with Crippen LogP contribution < -0.4 is 9.46 Å². The van der Waals surface area contributed by atoms with Gasteiger partial charge in [-0.25, -0.2) is 14.7 Å². The van der Waals surface area contributed by atoms with Crippen LogP contribution in [0.25, 0.3) is 0 Å². The van der Waals surface area contributed by atoms with Crippen molar-refractivity contribution in [3.63, 3.8) is 0 Å². The van der Waals surface area contributed by atoms with Crippen LogP contribution in [-0.2, 0) is 16.4 Å². The Kier molecular flexibility index (Phi) is 8.04. The van der Waals surface area contributed by atoms with Gasteiger partial charge in [-0.1, -0.05) is 43.5 Å². The van der Waals surface area contributed by atoms with E-state index >= 15 is 0 Å². The first kappa shape index (κ1) is 25.4. The maximum atomic E-state index is 13.1. The van der Waals surface area contributed by atoms with Crippen LogP contribution in [0.3, 0.4) is 0 Å². The lowest BCUT2D eigenvalue weighted by Gasteiger charge is -2.16. The molecule has 3 rings (SSSR count). The SMILES string of the molecule is CCCCCc1ccc(C(=O)NS(=O)(=O)c2cccc(C)n2)c(Oc2c(C)cc(C)cc2C)n1.[HH].[HH]. The van der Waals surface area contributed by atoms with E-state index in [9.17, 15) is 13.2 Å². The second-order valence-corrected chi connectivity index (χ2v) is 10.1. The summed E-state index contributed by atoms with van der Waals surface area (Å²) in [5.41, 5.74) is 4.25. The number of rotatable bonds is 9. The fourth-order valence-electron chi connectivity index (χ4n) is 3.75. The minimum atomic E-state index is -4.16. The largest absolute Gasteiger partial charge is 0.438 e. The smallest absolute Gasteiger partial charge is 0.281 e. The maximum Gasteiger partial charge on any atom is 0.281 e. The Morgan fingerprint density at radius 3 is 2.35 bits per heavy atom. The van der Waals surface area contributed by atoms with Crippen molar-refractivity contribution < 1.29 is 20.8 Å². The molecule has 0 saturated carbocycles. The molecule has 0 fully saturated rings. The van der Waals surface area contributed by atoms with E-state index in [1.807, 2.05) is 32.9 Å². The molecule has 0 aliphatic carbocycles. The molecule has 7 nitrogen and oxygen atoms in total. The average molecular weight is 486 g/mol. The van der Waals surface area contributed by atoms with E-state index in [0.717, 1.165) is 48.1 Å². The molecule has 0 radical (unpaired) electrons. The predicted octanol–water partition coefficient (Wildman–Crippen LogP) is 5.85. The predicted molar refractivity (Wildman–Crippen MR) is 136 cm³/mol. The summed E-state index contributed by atoms with van der Waals surface area (Å²) in [4.78, 5) is 21.7. The molecule has 1 aromatic carbocycles. The van der Waals surface area contributed by atoms with Crippen molar-refractivity contribution in [2.24, 2.45) is 0 Å². The molecule has 0 bridgehead atoms. The Bertz CT molecular complexity index is 1290. The molecule has 0 saturated heterocycles. The van der Waals surface area contributed by atoms with Crippen LogP contribution in [0.2, 0.25) is 0 Å². The van der Waals surface area contributed by atoms with Crippen LogP contribution in [0.5, 0.6) is 11.6 Å². The summed E-state index contributed by atoms with van der Waals surface area (Å²) >= 11 is 0. The van der Waals surface area contributed by atoms with Crippen molar-refractivity contribution in [3.8, 4) is 11.6 Å². The van der Waals surface area contributed by atoms with Crippen LogP contribution in [0, 0.1) is 27.7 Å². The van der Waals surface area contributed by atoms with Crippen molar-refractivity contribution in [2.75, 3.05) is 0 Å². The lowest BCUT2D eigenvalue weighted by atomic mass is 10.1. The zero-order valence-corrected chi connectivity index (χ0v) is 21.1. The highest BCUT2D eigenvalue weighted by Gasteiger charge is 2.24. The van der Waals surface area contributed by atoms with Crippen molar-refractivity contribution in [3.05, 3.63) is 76.1 Å². The molecule has 0 atom stereocenters. The molecule has 2 heterocycles. The van der Waals surface area contributed by atoms with Gasteiger partial charge in [0.15, 0.2) is 5.03 Å². The number of hydrogen-bond donors (Lipinski definition) is 1. The Morgan fingerprint density at radius 1 is 1.00 bits per heavy atom. The van der Waals surface area contributed by atoms with Gasteiger partial charge in [-0.15, -0.1) is 0 Å². The fraction of sp³-hybridized carbons (Fsp3) is 0.346. The molecule has 0 unspecified atom stereocenters. The summed E-state index contributed by atoms with van der Waals surface area (Å²) in [5, 5.41) is -0.224. The molecular formula is C26H35N3O4S. The standard InChI is InChI=1S/C26H31N3O4S.2H2/c1-6-7-8-11-21-13-14-22(25(30)29-34(31,32)23-12-9-10-20(5)27-23)26(28-21)33-24-18(3)15-17(2)16-19(24)4;;/h9-10,12-16H,6-8,11H2,1-5H3,(H,29,30);2*1H. The minimum absolute atomic E-state index is 0. The number of aryl methyl sites for hydroxylation is 5. The zero-order valence-electron chi connectivity index (χ0n) is 20.3. The first-order chi connectivity index (χ1) is 16.1. The van der Waals surface area contributed by atoms with Crippen LogP contribution in [-0.4, -0.2) is 24.3 Å². The van der Waals surface area contributed by atoms with Crippen molar-refractivity contribution in [1.82, 2.24) is 14.7 Å². The van der Waals surface area contributed by atoms with Crippen LogP contribution in [0.4, 0.5) is 0 Å². The molecule has 184 valence electrons. The monoisotopic (exact) mass is 485 g/mol. The number of unbranched alkanes of at least 4 members (excludes halogenated alkanes) is 2. The number of amides is 1. The van der Waals surface area contributed by atoms with Gasteiger partial charge < -0.3 is 4.74 Å².